The number of rotatable bonds is 4. The van der Waals surface area contributed by atoms with Crippen LogP contribution in [0.5, 0.6) is 0 Å². The molecule has 0 aliphatic carbocycles. The van der Waals surface area contributed by atoms with Crippen LogP contribution in [-0.2, 0) is 6.54 Å². The van der Waals surface area contributed by atoms with Crippen molar-refractivity contribution in [2.45, 2.75) is 26.4 Å². The average molecular weight is 238 g/mol. The maximum Gasteiger partial charge on any atom is 0.297 e. The molecule has 96 valence electrons. The van der Waals surface area contributed by atoms with E-state index in [1.54, 1.807) is 6.26 Å². The molecule has 2 heterocycles. The quantitative estimate of drug-likeness (QED) is 0.845. The second-order valence-corrected chi connectivity index (χ2v) is 4.58. The monoisotopic (exact) mass is 238 g/mol. The first kappa shape index (κ1) is 12.4. The fourth-order valence-electron chi connectivity index (χ4n) is 2.34. The van der Waals surface area contributed by atoms with Crippen LogP contribution in [0.2, 0.25) is 0 Å². The number of likely N-dealkylation sites (N-methyl/N-ethyl adjacent to an activating group) is 1. The third-order valence-corrected chi connectivity index (χ3v) is 3.34. The zero-order chi connectivity index (χ0) is 12.3. The zero-order valence-electron chi connectivity index (χ0n) is 10.9. The Morgan fingerprint density at radius 2 is 2.35 bits per heavy atom. The van der Waals surface area contributed by atoms with Crippen LogP contribution < -0.4 is 10.2 Å². The number of aromatic nitrogens is 1. The molecule has 5 heteroatoms. The lowest BCUT2D eigenvalue weighted by Crippen LogP contribution is -2.51. The van der Waals surface area contributed by atoms with Crippen LogP contribution in [0.1, 0.15) is 19.5 Å². The SMILES string of the molecule is CCN1CCN(c2nc(CNC)co2)CC1C. The van der Waals surface area contributed by atoms with Crippen LogP contribution in [0.15, 0.2) is 10.7 Å². The third kappa shape index (κ3) is 2.79. The molecule has 1 N–H and O–H groups in total. The van der Waals surface area contributed by atoms with Gasteiger partial charge in [-0.3, -0.25) is 4.90 Å². The van der Waals surface area contributed by atoms with E-state index in [2.05, 4.69) is 33.9 Å². The summed E-state index contributed by atoms with van der Waals surface area (Å²) in [5.41, 5.74) is 0.966. The minimum Gasteiger partial charge on any atom is -0.432 e. The van der Waals surface area contributed by atoms with Gasteiger partial charge in [0.25, 0.3) is 6.01 Å². The molecule has 1 aliphatic rings. The van der Waals surface area contributed by atoms with Crippen LogP contribution in [-0.4, -0.2) is 49.2 Å². The molecule has 0 spiro atoms. The summed E-state index contributed by atoms with van der Waals surface area (Å²) in [6.07, 6.45) is 1.74. The molecule has 1 aromatic heterocycles. The minimum absolute atomic E-state index is 0.563. The molecule has 0 bridgehead atoms. The number of nitrogens with zero attached hydrogens (tertiary/aromatic N) is 3. The summed E-state index contributed by atoms with van der Waals surface area (Å²) in [5.74, 6) is 0. The van der Waals surface area contributed by atoms with Crippen molar-refractivity contribution in [2.24, 2.45) is 0 Å². The van der Waals surface area contributed by atoms with E-state index in [1.165, 1.54) is 0 Å². The lowest BCUT2D eigenvalue weighted by molar-refractivity contribution is 0.195. The summed E-state index contributed by atoms with van der Waals surface area (Å²) in [7, 11) is 1.91. The molecule has 0 saturated carbocycles. The van der Waals surface area contributed by atoms with Gasteiger partial charge >= 0.3 is 0 Å². The zero-order valence-corrected chi connectivity index (χ0v) is 10.9. The second-order valence-electron chi connectivity index (χ2n) is 4.58. The van der Waals surface area contributed by atoms with Crippen molar-refractivity contribution < 1.29 is 4.42 Å². The van der Waals surface area contributed by atoms with Crippen molar-refractivity contribution in [1.29, 1.82) is 0 Å². The molecule has 5 nitrogen and oxygen atoms in total. The van der Waals surface area contributed by atoms with Crippen LogP contribution in [0.3, 0.4) is 0 Å². The largest absolute Gasteiger partial charge is 0.432 e. The van der Waals surface area contributed by atoms with Gasteiger partial charge in [0.05, 0.1) is 5.69 Å². The van der Waals surface area contributed by atoms with Crippen molar-refractivity contribution in [2.75, 3.05) is 38.1 Å². The predicted molar refractivity (Wildman–Crippen MR) is 68.2 cm³/mol. The number of oxazole rings is 1. The summed E-state index contributed by atoms with van der Waals surface area (Å²) >= 11 is 0. The average Bonchev–Trinajstić information content (AvgIpc) is 2.78. The number of anilines is 1. The highest BCUT2D eigenvalue weighted by atomic mass is 16.4. The van der Waals surface area contributed by atoms with Gasteiger partial charge in [-0.05, 0) is 20.5 Å². The Balaban J connectivity index is 1.98. The molecule has 1 atom stereocenters. The van der Waals surface area contributed by atoms with E-state index in [9.17, 15) is 0 Å². The normalized spacial score (nSPS) is 22.1. The number of piperazine rings is 1. The molecule has 1 unspecified atom stereocenters. The Hall–Kier alpha value is -1.07. The maximum atomic E-state index is 5.53. The van der Waals surface area contributed by atoms with E-state index in [-0.39, 0.29) is 0 Å². The van der Waals surface area contributed by atoms with Crippen molar-refractivity contribution in [3.8, 4) is 0 Å². The van der Waals surface area contributed by atoms with Gasteiger partial charge in [0.1, 0.15) is 6.26 Å². The van der Waals surface area contributed by atoms with Gasteiger partial charge in [0.15, 0.2) is 0 Å². The number of nitrogens with one attached hydrogen (secondary N) is 1. The van der Waals surface area contributed by atoms with Gasteiger partial charge in [0, 0.05) is 32.2 Å². The van der Waals surface area contributed by atoms with Gasteiger partial charge in [0.2, 0.25) is 0 Å². The lowest BCUT2D eigenvalue weighted by atomic mass is 10.2. The number of hydrogen-bond donors (Lipinski definition) is 1. The van der Waals surface area contributed by atoms with Gasteiger partial charge < -0.3 is 14.6 Å². The molecule has 1 aliphatic heterocycles. The lowest BCUT2D eigenvalue weighted by Gasteiger charge is -2.38. The van der Waals surface area contributed by atoms with Crippen molar-refractivity contribution in [3.05, 3.63) is 12.0 Å². The van der Waals surface area contributed by atoms with Crippen molar-refractivity contribution in [3.63, 3.8) is 0 Å². The van der Waals surface area contributed by atoms with E-state index < -0.39 is 0 Å². The van der Waals surface area contributed by atoms with Crippen molar-refractivity contribution in [1.82, 2.24) is 15.2 Å². The first-order valence-electron chi connectivity index (χ1n) is 6.32. The minimum atomic E-state index is 0.563. The van der Waals surface area contributed by atoms with E-state index in [1.807, 2.05) is 7.05 Å². The molecule has 2 rings (SSSR count). The van der Waals surface area contributed by atoms with E-state index in [0.717, 1.165) is 44.4 Å². The Bertz CT molecular complexity index is 352. The highest BCUT2D eigenvalue weighted by Gasteiger charge is 2.24. The van der Waals surface area contributed by atoms with E-state index in [0.29, 0.717) is 6.04 Å². The molecule has 17 heavy (non-hydrogen) atoms. The van der Waals surface area contributed by atoms with Gasteiger partial charge in [-0.15, -0.1) is 0 Å². The molecule has 0 radical (unpaired) electrons. The first-order chi connectivity index (χ1) is 8.24. The third-order valence-electron chi connectivity index (χ3n) is 3.34. The van der Waals surface area contributed by atoms with Gasteiger partial charge in [-0.2, -0.15) is 4.98 Å². The summed E-state index contributed by atoms with van der Waals surface area (Å²) in [6, 6.07) is 1.33. The van der Waals surface area contributed by atoms with E-state index in [4.69, 9.17) is 4.42 Å². The molecule has 0 aromatic carbocycles. The smallest absolute Gasteiger partial charge is 0.297 e. The van der Waals surface area contributed by atoms with Crippen LogP contribution in [0.25, 0.3) is 0 Å². The molecular formula is C12H22N4O. The summed E-state index contributed by atoms with van der Waals surface area (Å²) < 4.78 is 5.53. The standard InChI is InChI=1S/C12H22N4O/c1-4-15-5-6-16(8-10(15)2)12-14-11(7-13-3)9-17-12/h9-10,13H,4-8H2,1-3H3. The van der Waals surface area contributed by atoms with Crippen LogP contribution >= 0.6 is 0 Å². The Morgan fingerprint density at radius 1 is 1.53 bits per heavy atom. The Morgan fingerprint density at radius 3 is 3.00 bits per heavy atom. The fraction of sp³-hybridized carbons (Fsp3) is 0.750. The highest BCUT2D eigenvalue weighted by Crippen LogP contribution is 2.18. The molecule has 1 saturated heterocycles. The molecule has 0 amide bonds. The first-order valence-corrected chi connectivity index (χ1v) is 6.32. The van der Waals surface area contributed by atoms with Crippen LogP contribution in [0.4, 0.5) is 6.01 Å². The Labute approximate surface area is 103 Å². The highest BCUT2D eigenvalue weighted by molar-refractivity contribution is 5.28. The topological polar surface area (TPSA) is 44.5 Å². The van der Waals surface area contributed by atoms with Gasteiger partial charge in [-0.1, -0.05) is 6.92 Å². The maximum absolute atomic E-state index is 5.53. The molecular weight excluding hydrogens is 216 g/mol. The van der Waals surface area contributed by atoms with Crippen molar-refractivity contribution >= 4 is 6.01 Å². The summed E-state index contributed by atoms with van der Waals surface area (Å²) in [6.45, 7) is 9.42. The second kappa shape index (κ2) is 5.51. The summed E-state index contributed by atoms with van der Waals surface area (Å²) in [5, 5.41) is 3.08. The van der Waals surface area contributed by atoms with E-state index >= 15 is 0 Å². The fourth-order valence-corrected chi connectivity index (χ4v) is 2.34. The van der Waals surface area contributed by atoms with Crippen LogP contribution in [0, 0.1) is 0 Å². The summed E-state index contributed by atoms with van der Waals surface area (Å²) in [4.78, 5) is 9.20. The number of hydrogen-bond acceptors (Lipinski definition) is 5. The molecule has 1 fully saturated rings. The molecule has 1 aromatic rings. The predicted octanol–water partition coefficient (Wildman–Crippen LogP) is 0.924. The van der Waals surface area contributed by atoms with Gasteiger partial charge in [-0.25, -0.2) is 0 Å². The Kier molecular flexibility index (Phi) is 4.02.